The lowest BCUT2D eigenvalue weighted by molar-refractivity contribution is 0.104. The Hall–Kier alpha value is -1.55. The summed E-state index contributed by atoms with van der Waals surface area (Å²) < 4.78 is 4.94. The van der Waals surface area contributed by atoms with E-state index in [1.165, 1.54) is 51.3 Å². The lowest BCUT2D eigenvalue weighted by Gasteiger charge is -2.27. The van der Waals surface area contributed by atoms with E-state index < -0.39 is 0 Å². The maximum absolute atomic E-state index is 11.9. The van der Waals surface area contributed by atoms with Crippen molar-refractivity contribution in [3.05, 3.63) is 36.4 Å². The first-order valence-electron chi connectivity index (χ1n) is 7.56. The molecular weight excluding hydrogens is 252 g/mol. The van der Waals surface area contributed by atoms with Gasteiger partial charge in [-0.15, -0.1) is 0 Å². The minimum Gasteiger partial charge on any atom is -0.472 e. The van der Waals surface area contributed by atoms with Gasteiger partial charge in [-0.25, -0.2) is 0 Å². The van der Waals surface area contributed by atoms with Crippen molar-refractivity contribution in [1.29, 1.82) is 0 Å². The normalized spacial score (nSPS) is 24.0. The van der Waals surface area contributed by atoms with Crippen LogP contribution in [-0.2, 0) is 0 Å². The second-order valence-corrected chi connectivity index (χ2v) is 5.73. The van der Waals surface area contributed by atoms with Gasteiger partial charge in [-0.05, 0) is 44.8 Å². The van der Waals surface area contributed by atoms with E-state index in [1.807, 2.05) is 6.20 Å². The first-order valence-corrected chi connectivity index (χ1v) is 7.56. The lowest BCUT2D eigenvalue weighted by Crippen LogP contribution is -2.36. The molecule has 1 aromatic rings. The van der Waals surface area contributed by atoms with E-state index in [4.69, 9.17) is 4.42 Å². The van der Waals surface area contributed by atoms with Crippen LogP contribution in [0.3, 0.4) is 0 Å². The SMILES string of the molecule is O=C(C=CN1CCC[C@H]1CN1CCCC1)c1ccoc1. The Labute approximate surface area is 120 Å². The number of nitrogens with zero attached hydrogens (tertiary/aromatic N) is 2. The number of allylic oxidation sites excluding steroid dienone is 1. The molecule has 2 saturated heterocycles. The Kier molecular flexibility index (Phi) is 4.21. The van der Waals surface area contributed by atoms with Gasteiger partial charge < -0.3 is 14.2 Å². The predicted molar refractivity (Wildman–Crippen MR) is 77.6 cm³/mol. The van der Waals surface area contributed by atoms with E-state index in [9.17, 15) is 4.79 Å². The molecule has 0 N–H and O–H groups in total. The van der Waals surface area contributed by atoms with Gasteiger partial charge in [0.1, 0.15) is 6.26 Å². The van der Waals surface area contributed by atoms with Crippen molar-refractivity contribution in [3.8, 4) is 0 Å². The van der Waals surface area contributed by atoms with Gasteiger partial charge in [-0.1, -0.05) is 0 Å². The number of carbonyl (C=O) groups excluding carboxylic acids is 1. The number of ketones is 1. The van der Waals surface area contributed by atoms with Crippen LogP contribution in [0.15, 0.2) is 35.3 Å². The lowest BCUT2D eigenvalue weighted by atomic mass is 10.2. The van der Waals surface area contributed by atoms with Gasteiger partial charge in [0.05, 0.1) is 11.8 Å². The first-order chi connectivity index (χ1) is 9.83. The molecule has 0 spiro atoms. The number of hydrogen-bond acceptors (Lipinski definition) is 4. The number of furan rings is 1. The van der Waals surface area contributed by atoms with Gasteiger partial charge in [0.2, 0.25) is 0 Å². The summed E-state index contributed by atoms with van der Waals surface area (Å²) in [6.45, 7) is 4.68. The van der Waals surface area contributed by atoms with Crippen LogP contribution in [-0.4, -0.2) is 47.8 Å². The molecule has 3 rings (SSSR count). The third kappa shape index (κ3) is 3.12. The van der Waals surface area contributed by atoms with E-state index in [2.05, 4.69) is 9.80 Å². The van der Waals surface area contributed by atoms with Gasteiger partial charge in [-0.3, -0.25) is 4.79 Å². The number of likely N-dealkylation sites (tertiary alicyclic amines) is 2. The summed E-state index contributed by atoms with van der Waals surface area (Å²) in [6.07, 6.45) is 11.8. The molecule has 108 valence electrons. The largest absolute Gasteiger partial charge is 0.472 e. The Bertz CT molecular complexity index is 461. The molecule has 0 radical (unpaired) electrons. The van der Waals surface area contributed by atoms with Crippen LogP contribution >= 0.6 is 0 Å². The molecule has 0 unspecified atom stereocenters. The number of rotatable bonds is 5. The minimum absolute atomic E-state index is 0.0190. The molecule has 2 fully saturated rings. The molecule has 1 atom stereocenters. The van der Waals surface area contributed by atoms with Crippen LogP contribution in [0.1, 0.15) is 36.0 Å². The van der Waals surface area contributed by atoms with Crippen molar-refractivity contribution in [2.45, 2.75) is 31.7 Å². The van der Waals surface area contributed by atoms with Gasteiger partial charge in [0, 0.05) is 31.4 Å². The molecule has 2 aliphatic heterocycles. The van der Waals surface area contributed by atoms with Crippen molar-refractivity contribution in [2.24, 2.45) is 0 Å². The highest BCUT2D eigenvalue weighted by Crippen LogP contribution is 2.20. The average Bonchev–Trinajstić information content (AvgIpc) is 3.20. The van der Waals surface area contributed by atoms with Crippen molar-refractivity contribution in [3.63, 3.8) is 0 Å². The second kappa shape index (κ2) is 6.27. The second-order valence-electron chi connectivity index (χ2n) is 5.73. The Morgan fingerprint density at radius 2 is 2.15 bits per heavy atom. The van der Waals surface area contributed by atoms with Crippen LogP contribution < -0.4 is 0 Å². The zero-order valence-corrected chi connectivity index (χ0v) is 11.8. The maximum atomic E-state index is 11.9. The molecular formula is C16H22N2O2. The van der Waals surface area contributed by atoms with E-state index >= 15 is 0 Å². The van der Waals surface area contributed by atoms with Gasteiger partial charge in [-0.2, -0.15) is 0 Å². The van der Waals surface area contributed by atoms with Crippen molar-refractivity contribution >= 4 is 5.78 Å². The van der Waals surface area contributed by atoms with Crippen LogP contribution in [0.5, 0.6) is 0 Å². The zero-order chi connectivity index (χ0) is 13.8. The van der Waals surface area contributed by atoms with Crippen LogP contribution in [0.2, 0.25) is 0 Å². The van der Waals surface area contributed by atoms with Gasteiger partial charge in [0.15, 0.2) is 5.78 Å². The minimum atomic E-state index is 0.0190. The molecule has 20 heavy (non-hydrogen) atoms. The molecule has 0 saturated carbocycles. The Balaban J connectivity index is 1.56. The monoisotopic (exact) mass is 274 g/mol. The highest BCUT2D eigenvalue weighted by molar-refractivity contribution is 6.04. The fourth-order valence-electron chi connectivity index (χ4n) is 3.18. The summed E-state index contributed by atoms with van der Waals surface area (Å²) in [5, 5.41) is 0. The molecule has 0 aliphatic carbocycles. The van der Waals surface area contributed by atoms with Crippen molar-refractivity contribution < 1.29 is 9.21 Å². The molecule has 2 aliphatic rings. The highest BCUT2D eigenvalue weighted by atomic mass is 16.3. The summed E-state index contributed by atoms with van der Waals surface area (Å²) in [4.78, 5) is 16.8. The fourth-order valence-corrected chi connectivity index (χ4v) is 3.18. The van der Waals surface area contributed by atoms with Crippen LogP contribution in [0.25, 0.3) is 0 Å². The third-order valence-electron chi connectivity index (χ3n) is 4.31. The standard InChI is InChI=1S/C16H22N2O2/c19-16(14-6-11-20-13-14)5-10-18-9-3-4-15(18)12-17-7-1-2-8-17/h5-6,10-11,13,15H,1-4,7-9,12H2/t15-/m0/s1. The van der Waals surface area contributed by atoms with E-state index in [0.717, 1.165) is 13.1 Å². The molecule has 1 aromatic heterocycles. The Morgan fingerprint density at radius 3 is 2.90 bits per heavy atom. The van der Waals surface area contributed by atoms with E-state index in [-0.39, 0.29) is 5.78 Å². The van der Waals surface area contributed by atoms with E-state index in [0.29, 0.717) is 11.6 Å². The van der Waals surface area contributed by atoms with Gasteiger partial charge in [0.25, 0.3) is 0 Å². The van der Waals surface area contributed by atoms with E-state index in [1.54, 1.807) is 12.1 Å². The van der Waals surface area contributed by atoms with Crippen LogP contribution in [0, 0.1) is 0 Å². The van der Waals surface area contributed by atoms with Crippen molar-refractivity contribution in [1.82, 2.24) is 9.80 Å². The third-order valence-corrected chi connectivity index (χ3v) is 4.31. The molecule has 4 heteroatoms. The zero-order valence-electron chi connectivity index (χ0n) is 11.8. The summed E-state index contributed by atoms with van der Waals surface area (Å²) in [5.74, 6) is 0.0190. The number of carbonyl (C=O) groups is 1. The molecule has 4 nitrogen and oxygen atoms in total. The quantitative estimate of drug-likeness (QED) is 0.611. The first kappa shape index (κ1) is 13.4. The highest BCUT2D eigenvalue weighted by Gasteiger charge is 2.25. The van der Waals surface area contributed by atoms with Crippen LogP contribution in [0.4, 0.5) is 0 Å². The summed E-state index contributed by atoms with van der Waals surface area (Å²) in [6, 6.07) is 2.28. The maximum Gasteiger partial charge on any atom is 0.190 e. The van der Waals surface area contributed by atoms with Gasteiger partial charge >= 0.3 is 0 Å². The summed E-state index contributed by atoms with van der Waals surface area (Å²) in [7, 11) is 0. The topological polar surface area (TPSA) is 36.7 Å². The predicted octanol–water partition coefficient (Wildman–Crippen LogP) is 2.54. The summed E-state index contributed by atoms with van der Waals surface area (Å²) >= 11 is 0. The van der Waals surface area contributed by atoms with Crippen molar-refractivity contribution in [2.75, 3.05) is 26.2 Å². The average molecular weight is 274 g/mol. The molecule has 0 aromatic carbocycles. The fraction of sp³-hybridized carbons (Fsp3) is 0.562. The Morgan fingerprint density at radius 1 is 1.30 bits per heavy atom. The molecule has 3 heterocycles. The summed E-state index contributed by atoms with van der Waals surface area (Å²) in [5.41, 5.74) is 0.622. The molecule has 0 amide bonds. The molecule has 0 bridgehead atoms. The number of hydrogen-bond donors (Lipinski definition) is 0. The smallest absolute Gasteiger partial charge is 0.190 e.